The number of hydrogen-bond donors (Lipinski definition) is 2. The molecule has 1 aliphatic heterocycles. The van der Waals surface area contributed by atoms with Crippen molar-refractivity contribution in [3.05, 3.63) is 29.6 Å². The number of carboxylic acid groups (broad SMARTS) is 1. The maximum Gasteiger partial charge on any atom is 0.317 e. The highest BCUT2D eigenvalue weighted by atomic mass is 16.4. The molecule has 0 radical (unpaired) electrons. The normalized spacial score (nSPS) is 18.6. The van der Waals surface area contributed by atoms with E-state index in [2.05, 4.69) is 10.3 Å². The average Bonchev–Trinajstić information content (AvgIpc) is 2.45. The molecular formula is C14H19N3O3. The molecule has 1 aromatic heterocycles. The number of piperidine rings is 1. The van der Waals surface area contributed by atoms with Crippen molar-refractivity contribution >= 4 is 12.0 Å². The van der Waals surface area contributed by atoms with Gasteiger partial charge in [-0.25, -0.2) is 4.79 Å². The number of aliphatic carboxylic acids is 1. The quantitative estimate of drug-likeness (QED) is 0.874. The summed E-state index contributed by atoms with van der Waals surface area (Å²) in [4.78, 5) is 28.9. The number of rotatable bonds is 3. The fraction of sp³-hybridized carbons (Fsp3) is 0.500. The molecule has 0 spiro atoms. The predicted molar refractivity (Wildman–Crippen MR) is 73.1 cm³/mol. The zero-order valence-corrected chi connectivity index (χ0v) is 11.5. The molecule has 1 unspecified atom stereocenters. The second kappa shape index (κ2) is 6.36. The van der Waals surface area contributed by atoms with E-state index in [1.165, 1.54) is 0 Å². The monoisotopic (exact) mass is 277 g/mol. The molecule has 0 aliphatic carbocycles. The van der Waals surface area contributed by atoms with Crippen LogP contribution in [0.4, 0.5) is 4.79 Å². The van der Waals surface area contributed by atoms with Crippen LogP contribution in [0.2, 0.25) is 0 Å². The topological polar surface area (TPSA) is 82.5 Å². The van der Waals surface area contributed by atoms with Crippen LogP contribution in [0.5, 0.6) is 0 Å². The van der Waals surface area contributed by atoms with E-state index in [-0.39, 0.29) is 12.6 Å². The SMILES string of the molecule is Cc1cccc(CNC(=O)N2CCCC(C(=O)O)C2)n1. The molecule has 20 heavy (non-hydrogen) atoms. The van der Waals surface area contributed by atoms with Crippen molar-refractivity contribution in [1.29, 1.82) is 0 Å². The van der Waals surface area contributed by atoms with Crippen LogP contribution in [0.25, 0.3) is 0 Å². The zero-order chi connectivity index (χ0) is 14.5. The maximum absolute atomic E-state index is 12.0. The highest BCUT2D eigenvalue weighted by Crippen LogP contribution is 2.16. The van der Waals surface area contributed by atoms with Gasteiger partial charge in [0.25, 0.3) is 0 Å². The van der Waals surface area contributed by atoms with Crippen molar-refractivity contribution in [2.75, 3.05) is 13.1 Å². The van der Waals surface area contributed by atoms with Gasteiger partial charge < -0.3 is 15.3 Å². The molecule has 1 saturated heterocycles. The van der Waals surface area contributed by atoms with Crippen LogP contribution in [-0.2, 0) is 11.3 Å². The minimum atomic E-state index is -0.831. The van der Waals surface area contributed by atoms with Crippen LogP contribution in [0, 0.1) is 12.8 Å². The number of hydrogen-bond acceptors (Lipinski definition) is 3. The number of nitrogens with zero attached hydrogens (tertiary/aromatic N) is 2. The van der Waals surface area contributed by atoms with Gasteiger partial charge in [-0.3, -0.25) is 9.78 Å². The number of likely N-dealkylation sites (tertiary alicyclic amines) is 1. The number of nitrogens with one attached hydrogen (secondary N) is 1. The Hall–Kier alpha value is -2.11. The Morgan fingerprint density at radius 3 is 3.00 bits per heavy atom. The molecule has 6 heteroatoms. The first-order valence-corrected chi connectivity index (χ1v) is 6.74. The fourth-order valence-electron chi connectivity index (χ4n) is 2.34. The number of urea groups is 1. The first-order chi connectivity index (χ1) is 9.56. The van der Waals surface area contributed by atoms with Crippen LogP contribution >= 0.6 is 0 Å². The maximum atomic E-state index is 12.0. The molecule has 0 saturated carbocycles. The summed E-state index contributed by atoms with van der Waals surface area (Å²) in [5.74, 6) is -1.28. The molecular weight excluding hydrogens is 258 g/mol. The van der Waals surface area contributed by atoms with Crippen molar-refractivity contribution in [2.24, 2.45) is 5.92 Å². The van der Waals surface area contributed by atoms with Crippen LogP contribution in [0.1, 0.15) is 24.2 Å². The van der Waals surface area contributed by atoms with Gasteiger partial charge in [0, 0.05) is 18.8 Å². The summed E-state index contributed by atoms with van der Waals surface area (Å²) in [6.07, 6.45) is 1.37. The molecule has 1 fully saturated rings. The number of carbonyl (C=O) groups is 2. The highest BCUT2D eigenvalue weighted by molar-refractivity contribution is 5.76. The standard InChI is InChI=1S/C14H19N3O3/c1-10-4-2-6-12(16-10)8-15-14(20)17-7-3-5-11(9-17)13(18)19/h2,4,6,11H,3,5,7-9H2,1H3,(H,15,20)(H,18,19). The lowest BCUT2D eigenvalue weighted by Gasteiger charge is -2.30. The molecule has 108 valence electrons. The third-order valence-electron chi connectivity index (χ3n) is 3.42. The Morgan fingerprint density at radius 1 is 1.50 bits per heavy atom. The van der Waals surface area contributed by atoms with E-state index < -0.39 is 11.9 Å². The largest absolute Gasteiger partial charge is 0.481 e. The lowest BCUT2D eigenvalue weighted by Crippen LogP contribution is -2.46. The molecule has 1 aromatic rings. The Balaban J connectivity index is 1.87. The smallest absolute Gasteiger partial charge is 0.317 e. The van der Waals surface area contributed by atoms with Gasteiger partial charge in [0.05, 0.1) is 18.2 Å². The summed E-state index contributed by atoms with van der Waals surface area (Å²) in [7, 11) is 0. The molecule has 2 amide bonds. The third kappa shape index (κ3) is 3.69. The summed E-state index contributed by atoms with van der Waals surface area (Å²) in [5.41, 5.74) is 1.70. The third-order valence-corrected chi connectivity index (χ3v) is 3.42. The van der Waals surface area contributed by atoms with Gasteiger partial charge in [-0.15, -0.1) is 0 Å². The van der Waals surface area contributed by atoms with Crippen molar-refractivity contribution in [1.82, 2.24) is 15.2 Å². The molecule has 2 heterocycles. The summed E-state index contributed by atoms with van der Waals surface area (Å²) in [6.45, 7) is 3.14. The Bertz CT molecular complexity index is 504. The summed E-state index contributed by atoms with van der Waals surface area (Å²) in [5, 5.41) is 11.8. The van der Waals surface area contributed by atoms with Crippen molar-refractivity contribution < 1.29 is 14.7 Å². The number of amides is 2. The fourth-order valence-corrected chi connectivity index (χ4v) is 2.34. The highest BCUT2D eigenvalue weighted by Gasteiger charge is 2.27. The second-order valence-electron chi connectivity index (χ2n) is 5.05. The van der Waals surface area contributed by atoms with E-state index in [9.17, 15) is 9.59 Å². The van der Waals surface area contributed by atoms with E-state index in [0.29, 0.717) is 19.5 Å². The minimum absolute atomic E-state index is 0.223. The average molecular weight is 277 g/mol. The van der Waals surface area contributed by atoms with Crippen molar-refractivity contribution in [2.45, 2.75) is 26.3 Å². The van der Waals surface area contributed by atoms with Gasteiger partial charge in [0.2, 0.25) is 0 Å². The van der Waals surface area contributed by atoms with Gasteiger partial charge in [-0.2, -0.15) is 0 Å². The van der Waals surface area contributed by atoms with Crippen molar-refractivity contribution in [3.8, 4) is 0 Å². The van der Waals surface area contributed by atoms with E-state index in [1.807, 2.05) is 25.1 Å². The van der Waals surface area contributed by atoms with Crippen LogP contribution < -0.4 is 5.32 Å². The first-order valence-electron chi connectivity index (χ1n) is 6.74. The number of pyridine rings is 1. The Morgan fingerprint density at radius 2 is 2.30 bits per heavy atom. The molecule has 6 nitrogen and oxygen atoms in total. The lowest BCUT2D eigenvalue weighted by molar-refractivity contribution is -0.143. The van der Waals surface area contributed by atoms with Crippen molar-refractivity contribution in [3.63, 3.8) is 0 Å². The molecule has 0 bridgehead atoms. The Kier molecular flexibility index (Phi) is 4.55. The van der Waals surface area contributed by atoms with Crippen LogP contribution in [-0.4, -0.2) is 40.1 Å². The van der Waals surface area contributed by atoms with Gasteiger partial charge in [0.1, 0.15) is 0 Å². The zero-order valence-electron chi connectivity index (χ0n) is 11.5. The summed E-state index contributed by atoms with van der Waals surface area (Å²) >= 11 is 0. The first kappa shape index (κ1) is 14.3. The van der Waals surface area contributed by atoms with Crippen LogP contribution in [0.15, 0.2) is 18.2 Å². The second-order valence-corrected chi connectivity index (χ2v) is 5.05. The van der Waals surface area contributed by atoms with Gasteiger partial charge in [0.15, 0.2) is 0 Å². The molecule has 1 atom stereocenters. The molecule has 2 N–H and O–H groups in total. The van der Waals surface area contributed by atoms with Gasteiger partial charge >= 0.3 is 12.0 Å². The van der Waals surface area contributed by atoms with E-state index >= 15 is 0 Å². The van der Waals surface area contributed by atoms with E-state index in [0.717, 1.165) is 17.8 Å². The molecule has 1 aliphatic rings. The summed E-state index contributed by atoms with van der Waals surface area (Å²) in [6, 6.07) is 5.42. The van der Waals surface area contributed by atoms with E-state index in [1.54, 1.807) is 4.90 Å². The number of carbonyl (C=O) groups excluding carboxylic acids is 1. The lowest BCUT2D eigenvalue weighted by atomic mass is 9.99. The predicted octanol–water partition coefficient (Wildman–Crippen LogP) is 1.40. The number of carboxylic acids is 1. The Labute approximate surface area is 117 Å². The van der Waals surface area contributed by atoms with Crippen LogP contribution in [0.3, 0.4) is 0 Å². The van der Waals surface area contributed by atoms with Gasteiger partial charge in [-0.05, 0) is 31.9 Å². The van der Waals surface area contributed by atoms with Gasteiger partial charge in [-0.1, -0.05) is 6.07 Å². The minimum Gasteiger partial charge on any atom is -0.481 e. The summed E-state index contributed by atoms with van der Waals surface area (Å²) < 4.78 is 0. The van der Waals surface area contributed by atoms with E-state index in [4.69, 9.17) is 5.11 Å². The number of aryl methyl sites for hydroxylation is 1. The molecule has 0 aromatic carbocycles. The molecule has 2 rings (SSSR count). The number of aromatic nitrogens is 1.